The molecule has 0 aromatic heterocycles. The summed E-state index contributed by atoms with van der Waals surface area (Å²) in [4.78, 5) is 0. The van der Waals surface area contributed by atoms with Crippen LogP contribution < -0.4 is 0 Å². The van der Waals surface area contributed by atoms with Gasteiger partial charge in [-0.1, -0.05) is 36.4 Å². The van der Waals surface area contributed by atoms with Crippen molar-refractivity contribution in [1.82, 2.24) is 0 Å². The molecule has 1 aliphatic carbocycles. The van der Waals surface area contributed by atoms with Gasteiger partial charge >= 0.3 is 0 Å². The van der Waals surface area contributed by atoms with E-state index < -0.39 is 0 Å². The summed E-state index contributed by atoms with van der Waals surface area (Å²) >= 11 is 0. The topological polar surface area (TPSA) is 0 Å². The van der Waals surface area contributed by atoms with Crippen LogP contribution in [0.3, 0.4) is 0 Å². The number of hydrogen-bond donors (Lipinski definition) is 0. The van der Waals surface area contributed by atoms with Gasteiger partial charge in [0.1, 0.15) is 0 Å². The molecule has 0 spiro atoms. The standard InChI is InChI=1S/C9H15Si/c1-7-5-8(2)9(6-7)10(3)4/h5-6,9H,1-4H3. The maximum Gasteiger partial charge on any atom is 0.0543 e. The molecule has 1 atom stereocenters. The molecule has 10 heavy (non-hydrogen) atoms. The maximum absolute atomic E-state index is 2.41. The summed E-state index contributed by atoms with van der Waals surface area (Å²) in [6, 6.07) is 0. The fourth-order valence-electron chi connectivity index (χ4n) is 1.51. The SMILES string of the molecule is CC1=CC([Si](C)C)C(C)=C1. The molecule has 0 bridgehead atoms. The zero-order chi connectivity index (χ0) is 7.72. The Morgan fingerprint density at radius 3 is 2.10 bits per heavy atom. The molecule has 55 valence electrons. The lowest BCUT2D eigenvalue weighted by Crippen LogP contribution is -2.08. The van der Waals surface area contributed by atoms with Crippen LogP contribution in [0.4, 0.5) is 0 Å². The van der Waals surface area contributed by atoms with Gasteiger partial charge in [-0.2, -0.15) is 0 Å². The summed E-state index contributed by atoms with van der Waals surface area (Å²) in [7, 11) is -0.138. The second-order valence-electron chi connectivity index (χ2n) is 3.35. The van der Waals surface area contributed by atoms with Gasteiger partial charge in [-0.15, -0.1) is 0 Å². The summed E-state index contributed by atoms with van der Waals surface area (Å²) in [6.07, 6.45) is 4.71. The van der Waals surface area contributed by atoms with E-state index in [2.05, 4.69) is 39.1 Å². The van der Waals surface area contributed by atoms with Crippen LogP contribution in [0, 0.1) is 0 Å². The third-order valence-corrected chi connectivity index (χ3v) is 3.86. The Morgan fingerprint density at radius 2 is 1.90 bits per heavy atom. The van der Waals surface area contributed by atoms with E-state index in [1.165, 1.54) is 5.57 Å². The van der Waals surface area contributed by atoms with E-state index in [1.54, 1.807) is 5.57 Å². The normalized spacial score (nSPS) is 25.1. The van der Waals surface area contributed by atoms with Gasteiger partial charge in [0.05, 0.1) is 8.80 Å². The number of allylic oxidation sites excluding steroid dienone is 4. The highest BCUT2D eigenvalue weighted by molar-refractivity contribution is 6.59. The minimum atomic E-state index is -0.138. The Bertz CT molecular complexity index is 187. The van der Waals surface area contributed by atoms with E-state index in [-0.39, 0.29) is 8.80 Å². The predicted molar refractivity (Wildman–Crippen MR) is 48.7 cm³/mol. The van der Waals surface area contributed by atoms with E-state index in [1.807, 2.05) is 0 Å². The van der Waals surface area contributed by atoms with Gasteiger partial charge in [-0.3, -0.25) is 0 Å². The summed E-state index contributed by atoms with van der Waals surface area (Å²) < 4.78 is 0. The highest BCUT2D eigenvalue weighted by Crippen LogP contribution is 2.30. The van der Waals surface area contributed by atoms with Crippen LogP contribution in [0.5, 0.6) is 0 Å². The molecule has 0 amide bonds. The lowest BCUT2D eigenvalue weighted by molar-refractivity contribution is 1.20. The third kappa shape index (κ3) is 1.40. The van der Waals surface area contributed by atoms with Gasteiger partial charge in [-0.25, -0.2) is 0 Å². The zero-order valence-electron chi connectivity index (χ0n) is 7.23. The van der Waals surface area contributed by atoms with Crippen LogP contribution in [0.2, 0.25) is 18.6 Å². The van der Waals surface area contributed by atoms with Crippen LogP contribution in [0.25, 0.3) is 0 Å². The highest BCUT2D eigenvalue weighted by atomic mass is 28.3. The second-order valence-corrected chi connectivity index (χ2v) is 6.13. The first-order valence-corrected chi connectivity index (χ1v) is 6.35. The molecule has 1 heteroatoms. The largest absolute Gasteiger partial charge is 0.0774 e. The Hall–Kier alpha value is -0.303. The second kappa shape index (κ2) is 2.75. The van der Waals surface area contributed by atoms with Crippen LogP contribution in [-0.4, -0.2) is 8.80 Å². The van der Waals surface area contributed by atoms with Crippen molar-refractivity contribution in [2.45, 2.75) is 32.5 Å². The molecule has 1 aliphatic rings. The first-order valence-electron chi connectivity index (χ1n) is 3.78. The highest BCUT2D eigenvalue weighted by Gasteiger charge is 2.17. The van der Waals surface area contributed by atoms with Crippen LogP contribution in [0.15, 0.2) is 23.3 Å². The van der Waals surface area contributed by atoms with Gasteiger partial charge in [0.15, 0.2) is 0 Å². The molecule has 0 saturated carbocycles. The van der Waals surface area contributed by atoms with Crippen molar-refractivity contribution >= 4 is 8.80 Å². The Labute approximate surface area is 65.3 Å². The van der Waals surface area contributed by atoms with E-state index in [4.69, 9.17) is 0 Å². The van der Waals surface area contributed by atoms with Crippen molar-refractivity contribution in [3.63, 3.8) is 0 Å². The van der Waals surface area contributed by atoms with Crippen LogP contribution in [0.1, 0.15) is 13.8 Å². The average molecular weight is 151 g/mol. The minimum Gasteiger partial charge on any atom is -0.0774 e. The van der Waals surface area contributed by atoms with E-state index in [0.717, 1.165) is 5.54 Å². The lowest BCUT2D eigenvalue weighted by atomic mass is 10.3. The summed E-state index contributed by atoms with van der Waals surface area (Å²) in [5, 5.41) is 0. The molecule has 0 N–H and O–H groups in total. The summed E-state index contributed by atoms with van der Waals surface area (Å²) in [5.41, 5.74) is 3.83. The molecule has 1 radical (unpaired) electrons. The Kier molecular flexibility index (Phi) is 2.14. The smallest absolute Gasteiger partial charge is 0.0543 e. The summed E-state index contributed by atoms with van der Waals surface area (Å²) in [6.45, 7) is 9.19. The quantitative estimate of drug-likeness (QED) is 0.505. The lowest BCUT2D eigenvalue weighted by Gasteiger charge is -2.11. The predicted octanol–water partition coefficient (Wildman–Crippen LogP) is 3.02. The average Bonchev–Trinajstić information content (AvgIpc) is 2.10. The van der Waals surface area contributed by atoms with Crippen LogP contribution in [-0.2, 0) is 0 Å². The van der Waals surface area contributed by atoms with Crippen molar-refractivity contribution in [1.29, 1.82) is 0 Å². The number of rotatable bonds is 1. The van der Waals surface area contributed by atoms with Crippen molar-refractivity contribution in [2.75, 3.05) is 0 Å². The summed E-state index contributed by atoms with van der Waals surface area (Å²) in [5.74, 6) is 0. The zero-order valence-corrected chi connectivity index (χ0v) is 8.23. The molecular weight excluding hydrogens is 136 g/mol. The fourth-order valence-corrected chi connectivity index (χ4v) is 3.10. The van der Waals surface area contributed by atoms with Crippen LogP contribution >= 0.6 is 0 Å². The molecule has 0 saturated heterocycles. The molecule has 1 unspecified atom stereocenters. The number of hydrogen-bond acceptors (Lipinski definition) is 0. The third-order valence-electron chi connectivity index (χ3n) is 2.00. The first-order chi connectivity index (χ1) is 4.61. The maximum atomic E-state index is 2.41. The van der Waals surface area contributed by atoms with E-state index in [0.29, 0.717) is 0 Å². The van der Waals surface area contributed by atoms with Gasteiger partial charge in [-0.05, 0) is 19.4 Å². The van der Waals surface area contributed by atoms with Crippen molar-refractivity contribution < 1.29 is 0 Å². The van der Waals surface area contributed by atoms with Gasteiger partial charge in [0.2, 0.25) is 0 Å². The Balaban J connectivity index is 2.75. The van der Waals surface area contributed by atoms with Gasteiger partial charge < -0.3 is 0 Å². The van der Waals surface area contributed by atoms with E-state index >= 15 is 0 Å². The van der Waals surface area contributed by atoms with Crippen molar-refractivity contribution in [3.05, 3.63) is 23.3 Å². The molecule has 0 aromatic carbocycles. The van der Waals surface area contributed by atoms with Crippen molar-refractivity contribution in [2.24, 2.45) is 0 Å². The molecule has 0 fully saturated rings. The van der Waals surface area contributed by atoms with E-state index in [9.17, 15) is 0 Å². The molecular formula is C9H15Si. The van der Waals surface area contributed by atoms with Gasteiger partial charge in [0.25, 0.3) is 0 Å². The van der Waals surface area contributed by atoms with Gasteiger partial charge in [0, 0.05) is 0 Å². The molecule has 1 rings (SSSR count). The minimum absolute atomic E-state index is 0.138. The fraction of sp³-hybridized carbons (Fsp3) is 0.556. The monoisotopic (exact) mass is 151 g/mol. The molecule has 0 nitrogen and oxygen atoms in total. The van der Waals surface area contributed by atoms with Crippen molar-refractivity contribution in [3.8, 4) is 0 Å². The molecule has 0 aliphatic heterocycles. The Morgan fingerprint density at radius 1 is 1.30 bits per heavy atom. The molecule has 0 heterocycles. The molecule has 0 aromatic rings. The first kappa shape index (κ1) is 7.80.